The van der Waals surface area contributed by atoms with Crippen molar-refractivity contribution in [2.24, 2.45) is 0 Å². The molecule has 2 aromatic carbocycles. The minimum atomic E-state index is 0.521. The maximum atomic E-state index is 5.21. The molecule has 0 saturated carbocycles. The maximum Gasteiger partial charge on any atom is 0.118 e. The molecule has 0 aliphatic rings. The lowest BCUT2D eigenvalue weighted by atomic mass is 9.87. The van der Waals surface area contributed by atoms with Crippen LogP contribution in [0, 0.1) is 0 Å². The van der Waals surface area contributed by atoms with Crippen LogP contribution in [0.25, 0.3) is 0 Å². The summed E-state index contributed by atoms with van der Waals surface area (Å²) in [5, 5.41) is 0. The second-order valence-corrected chi connectivity index (χ2v) is 5.58. The smallest absolute Gasteiger partial charge is 0.118 e. The third-order valence-electron chi connectivity index (χ3n) is 4.08. The summed E-state index contributed by atoms with van der Waals surface area (Å²) in [6.45, 7) is 4.56. The van der Waals surface area contributed by atoms with Crippen molar-refractivity contribution in [2.45, 2.75) is 32.1 Å². The van der Waals surface area contributed by atoms with Gasteiger partial charge in [-0.05, 0) is 53.6 Å². The Labute approximate surface area is 127 Å². The maximum absolute atomic E-state index is 5.21. The molecular weight excluding hydrogens is 260 g/mol. The highest BCUT2D eigenvalue weighted by molar-refractivity contribution is 5.31. The molecule has 2 nitrogen and oxygen atoms in total. The average Bonchev–Trinajstić information content (AvgIpc) is 2.55. The van der Waals surface area contributed by atoms with Gasteiger partial charge in [0.1, 0.15) is 11.5 Å². The van der Waals surface area contributed by atoms with E-state index < -0.39 is 0 Å². The van der Waals surface area contributed by atoms with E-state index in [2.05, 4.69) is 38.1 Å². The quantitative estimate of drug-likeness (QED) is 0.743. The highest BCUT2D eigenvalue weighted by atomic mass is 16.5. The van der Waals surface area contributed by atoms with Gasteiger partial charge in [-0.15, -0.1) is 0 Å². The highest BCUT2D eigenvalue weighted by Gasteiger charge is 2.12. The van der Waals surface area contributed by atoms with Crippen LogP contribution in [0.2, 0.25) is 0 Å². The van der Waals surface area contributed by atoms with Crippen molar-refractivity contribution in [2.75, 3.05) is 14.2 Å². The number of methoxy groups -OCH3 is 2. The van der Waals surface area contributed by atoms with Crippen molar-refractivity contribution in [1.29, 1.82) is 0 Å². The summed E-state index contributed by atoms with van der Waals surface area (Å²) in [6.07, 6.45) is 1.12. The summed E-state index contributed by atoms with van der Waals surface area (Å²) in [6, 6.07) is 16.8. The molecule has 0 aliphatic carbocycles. The lowest BCUT2D eigenvalue weighted by Crippen LogP contribution is -2.01. The number of ether oxygens (including phenoxy) is 2. The van der Waals surface area contributed by atoms with E-state index in [4.69, 9.17) is 9.47 Å². The first-order valence-corrected chi connectivity index (χ1v) is 7.42. The zero-order valence-electron chi connectivity index (χ0n) is 13.3. The minimum absolute atomic E-state index is 0.521. The van der Waals surface area contributed by atoms with E-state index in [0.29, 0.717) is 11.8 Å². The van der Waals surface area contributed by atoms with Crippen molar-refractivity contribution in [3.63, 3.8) is 0 Å². The number of benzene rings is 2. The van der Waals surface area contributed by atoms with Crippen molar-refractivity contribution in [3.8, 4) is 11.5 Å². The minimum Gasteiger partial charge on any atom is -0.497 e. The van der Waals surface area contributed by atoms with Crippen LogP contribution in [-0.2, 0) is 0 Å². The standard InChI is InChI=1S/C19H24O2/c1-14(16-5-9-18(20-3)10-6-16)13-15(2)17-7-11-19(21-4)12-8-17/h5-12,14-15H,13H2,1-4H3. The molecular formula is C19H24O2. The zero-order chi connectivity index (χ0) is 15.2. The Balaban J connectivity index is 2.01. The number of rotatable bonds is 6. The molecule has 0 N–H and O–H groups in total. The Morgan fingerprint density at radius 2 is 1.00 bits per heavy atom. The summed E-state index contributed by atoms with van der Waals surface area (Å²) < 4.78 is 10.4. The van der Waals surface area contributed by atoms with Crippen LogP contribution in [0.4, 0.5) is 0 Å². The molecule has 0 spiro atoms. The van der Waals surface area contributed by atoms with Crippen LogP contribution in [0.15, 0.2) is 48.5 Å². The second kappa shape index (κ2) is 7.16. The molecule has 2 rings (SSSR count). The molecule has 0 radical (unpaired) electrons. The molecule has 21 heavy (non-hydrogen) atoms. The van der Waals surface area contributed by atoms with Gasteiger partial charge in [-0.25, -0.2) is 0 Å². The third kappa shape index (κ3) is 4.01. The predicted molar refractivity (Wildman–Crippen MR) is 87.4 cm³/mol. The average molecular weight is 284 g/mol. The normalized spacial score (nSPS) is 13.5. The van der Waals surface area contributed by atoms with E-state index in [1.54, 1.807) is 14.2 Å². The van der Waals surface area contributed by atoms with Crippen LogP contribution in [0.1, 0.15) is 43.2 Å². The zero-order valence-corrected chi connectivity index (χ0v) is 13.3. The highest BCUT2D eigenvalue weighted by Crippen LogP contribution is 2.30. The SMILES string of the molecule is COc1ccc(C(C)CC(C)c2ccc(OC)cc2)cc1. The lowest BCUT2D eigenvalue weighted by Gasteiger charge is -2.18. The van der Waals surface area contributed by atoms with Crippen molar-refractivity contribution in [1.82, 2.24) is 0 Å². The summed E-state index contributed by atoms with van der Waals surface area (Å²) in [5.74, 6) is 2.87. The third-order valence-corrected chi connectivity index (χ3v) is 4.08. The fourth-order valence-electron chi connectivity index (χ4n) is 2.67. The Bertz CT molecular complexity index is 491. The van der Waals surface area contributed by atoms with Crippen molar-refractivity contribution in [3.05, 3.63) is 59.7 Å². The van der Waals surface area contributed by atoms with Crippen molar-refractivity contribution >= 4 is 0 Å². The topological polar surface area (TPSA) is 18.5 Å². The Morgan fingerprint density at radius 1 is 0.667 bits per heavy atom. The van der Waals surface area contributed by atoms with Gasteiger partial charge in [0.2, 0.25) is 0 Å². The number of hydrogen-bond acceptors (Lipinski definition) is 2. The van der Waals surface area contributed by atoms with E-state index in [1.807, 2.05) is 24.3 Å². The molecule has 0 aromatic heterocycles. The Morgan fingerprint density at radius 3 is 1.29 bits per heavy atom. The molecule has 0 heterocycles. The monoisotopic (exact) mass is 284 g/mol. The summed E-state index contributed by atoms with van der Waals surface area (Å²) in [5.41, 5.74) is 2.72. The van der Waals surface area contributed by atoms with Gasteiger partial charge in [-0.3, -0.25) is 0 Å². The summed E-state index contributed by atoms with van der Waals surface area (Å²) >= 11 is 0. The van der Waals surface area contributed by atoms with Crippen LogP contribution in [0.5, 0.6) is 11.5 Å². The van der Waals surface area contributed by atoms with Crippen LogP contribution in [-0.4, -0.2) is 14.2 Å². The Hall–Kier alpha value is -1.96. The fourth-order valence-corrected chi connectivity index (χ4v) is 2.67. The first-order valence-electron chi connectivity index (χ1n) is 7.42. The molecule has 112 valence electrons. The van der Waals surface area contributed by atoms with Gasteiger partial charge in [0.05, 0.1) is 14.2 Å². The van der Waals surface area contributed by atoms with Crippen LogP contribution >= 0.6 is 0 Å². The first-order chi connectivity index (χ1) is 10.1. The summed E-state index contributed by atoms with van der Waals surface area (Å²) in [4.78, 5) is 0. The van der Waals surface area contributed by atoms with E-state index >= 15 is 0 Å². The number of hydrogen-bond donors (Lipinski definition) is 0. The molecule has 2 heteroatoms. The van der Waals surface area contributed by atoms with Crippen molar-refractivity contribution < 1.29 is 9.47 Å². The molecule has 2 unspecified atom stereocenters. The van der Waals surface area contributed by atoms with Gasteiger partial charge in [0, 0.05) is 0 Å². The fraction of sp³-hybridized carbons (Fsp3) is 0.368. The predicted octanol–water partition coefficient (Wildman–Crippen LogP) is 5.00. The molecule has 0 amide bonds. The van der Waals surface area contributed by atoms with Gasteiger partial charge in [-0.2, -0.15) is 0 Å². The largest absolute Gasteiger partial charge is 0.497 e. The van der Waals surface area contributed by atoms with Gasteiger partial charge >= 0.3 is 0 Å². The second-order valence-electron chi connectivity index (χ2n) is 5.58. The van der Waals surface area contributed by atoms with E-state index in [1.165, 1.54) is 11.1 Å². The van der Waals surface area contributed by atoms with Gasteiger partial charge in [-0.1, -0.05) is 38.1 Å². The first kappa shape index (κ1) is 15.4. The van der Waals surface area contributed by atoms with Crippen LogP contribution < -0.4 is 9.47 Å². The van der Waals surface area contributed by atoms with Crippen LogP contribution in [0.3, 0.4) is 0 Å². The van der Waals surface area contributed by atoms with Gasteiger partial charge in [0.25, 0.3) is 0 Å². The molecule has 2 aromatic rings. The molecule has 0 bridgehead atoms. The van der Waals surface area contributed by atoms with Gasteiger partial charge < -0.3 is 9.47 Å². The van der Waals surface area contributed by atoms with Gasteiger partial charge in [0.15, 0.2) is 0 Å². The van der Waals surface area contributed by atoms with E-state index in [-0.39, 0.29) is 0 Å². The molecule has 0 fully saturated rings. The summed E-state index contributed by atoms with van der Waals surface area (Å²) in [7, 11) is 3.40. The lowest BCUT2D eigenvalue weighted by molar-refractivity contribution is 0.414. The molecule has 0 saturated heterocycles. The molecule has 2 atom stereocenters. The van der Waals surface area contributed by atoms with E-state index in [9.17, 15) is 0 Å². The van der Waals surface area contributed by atoms with E-state index in [0.717, 1.165) is 17.9 Å². The Kier molecular flexibility index (Phi) is 5.26. The molecule has 0 aliphatic heterocycles.